The molecular weight excluding hydrogens is 254 g/mol. The first-order chi connectivity index (χ1) is 8.63. The zero-order valence-corrected chi connectivity index (χ0v) is 11.1. The maximum atomic E-state index is 11.8. The van der Waals surface area contributed by atoms with E-state index in [9.17, 15) is 9.59 Å². The number of aromatic nitrogens is 2. The van der Waals surface area contributed by atoms with Gasteiger partial charge in [-0.2, -0.15) is 11.8 Å². The van der Waals surface area contributed by atoms with Crippen LogP contribution in [0.15, 0.2) is 11.0 Å². The maximum absolute atomic E-state index is 11.8. The second-order valence-corrected chi connectivity index (χ2v) is 5.22. The van der Waals surface area contributed by atoms with Crippen molar-refractivity contribution in [3.63, 3.8) is 0 Å². The smallest absolute Gasteiger partial charge is 0.345 e. The second kappa shape index (κ2) is 5.53. The fraction of sp³-hybridized carbons (Fsp3) is 0.545. The van der Waals surface area contributed by atoms with Crippen LogP contribution < -0.4 is 5.56 Å². The summed E-state index contributed by atoms with van der Waals surface area (Å²) < 4.78 is 4.51. The molecule has 7 heteroatoms. The molecule has 0 spiro atoms. The summed E-state index contributed by atoms with van der Waals surface area (Å²) in [6.45, 7) is 0.956. The third-order valence-electron chi connectivity index (χ3n) is 2.94. The molecule has 1 saturated heterocycles. The summed E-state index contributed by atoms with van der Waals surface area (Å²) in [5.74, 6) is 1.90. The average molecular weight is 269 g/mol. The summed E-state index contributed by atoms with van der Waals surface area (Å²) in [5.41, 5.74) is -0.511. The maximum Gasteiger partial charge on any atom is 0.345 e. The first-order valence-electron chi connectivity index (χ1n) is 5.59. The minimum absolute atomic E-state index is 0.0626. The number of carbonyl (C=O) groups is 1. The quantitative estimate of drug-likeness (QED) is 0.777. The van der Waals surface area contributed by atoms with Gasteiger partial charge in [-0.25, -0.2) is 9.78 Å². The van der Waals surface area contributed by atoms with Crippen molar-refractivity contribution in [2.75, 3.05) is 32.2 Å². The fourth-order valence-electron chi connectivity index (χ4n) is 1.81. The summed E-state index contributed by atoms with van der Waals surface area (Å²) in [5, 5.41) is 0. The van der Waals surface area contributed by atoms with E-state index in [4.69, 9.17) is 0 Å². The van der Waals surface area contributed by atoms with E-state index >= 15 is 0 Å². The van der Waals surface area contributed by atoms with E-state index in [1.807, 2.05) is 18.8 Å². The summed E-state index contributed by atoms with van der Waals surface area (Å²) >= 11 is 1.83. The van der Waals surface area contributed by atoms with Gasteiger partial charge in [0.1, 0.15) is 11.4 Å². The number of thioether (sulfide) groups is 1. The number of hydrogen-bond donors (Lipinski definition) is 1. The van der Waals surface area contributed by atoms with Gasteiger partial charge in [-0.05, 0) is 7.05 Å². The highest BCUT2D eigenvalue weighted by molar-refractivity contribution is 7.99. The van der Waals surface area contributed by atoms with Gasteiger partial charge in [0.2, 0.25) is 0 Å². The van der Waals surface area contributed by atoms with Crippen molar-refractivity contribution in [2.24, 2.45) is 0 Å². The molecule has 0 saturated carbocycles. The molecule has 1 fully saturated rings. The zero-order chi connectivity index (χ0) is 13.1. The zero-order valence-electron chi connectivity index (χ0n) is 10.3. The lowest BCUT2D eigenvalue weighted by molar-refractivity contribution is 0.0598. The molecule has 18 heavy (non-hydrogen) atoms. The van der Waals surface area contributed by atoms with Crippen molar-refractivity contribution in [2.45, 2.75) is 6.04 Å². The second-order valence-electron chi connectivity index (χ2n) is 4.07. The van der Waals surface area contributed by atoms with Crippen molar-refractivity contribution in [3.8, 4) is 0 Å². The molecule has 0 aromatic carbocycles. The number of ether oxygens (including phenoxy) is 1. The molecule has 1 atom stereocenters. The van der Waals surface area contributed by atoms with Gasteiger partial charge in [-0.1, -0.05) is 0 Å². The largest absolute Gasteiger partial charge is 0.465 e. The van der Waals surface area contributed by atoms with Crippen LogP contribution in [0.25, 0.3) is 0 Å². The first-order valence-corrected chi connectivity index (χ1v) is 6.74. The Morgan fingerprint density at radius 1 is 1.67 bits per heavy atom. The number of methoxy groups -OCH3 is 1. The van der Waals surface area contributed by atoms with Crippen LogP contribution >= 0.6 is 11.8 Å². The van der Waals surface area contributed by atoms with Crippen LogP contribution in [-0.2, 0) is 4.74 Å². The van der Waals surface area contributed by atoms with Gasteiger partial charge in [-0.15, -0.1) is 0 Å². The van der Waals surface area contributed by atoms with Crippen LogP contribution in [0.2, 0.25) is 0 Å². The van der Waals surface area contributed by atoms with E-state index < -0.39 is 11.5 Å². The standard InChI is InChI=1S/C11H15N3O3S/c1-14-3-4-18-6-8(14)9-12-5-7(10(15)13-9)11(16)17-2/h5,8H,3-4,6H2,1-2H3,(H,12,13,15). The Labute approximate surface area is 109 Å². The third kappa shape index (κ3) is 2.56. The van der Waals surface area contributed by atoms with Gasteiger partial charge in [0.15, 0.2) is 0 Å². The first kappa shape index (κ1) is 13.1. The predicted octanol–water partition coefficient (Wildman–Crippen LogP) is 0.276. The van der Waals surface area contributed by atoms with Gasteiger partial charge in [0, 0.05) is 24.2 Å². The van der Waals surface area contributed by atoms with Crippen molar-refractivity contribution < 1.29 is 9.53 Å². The lowest BCUT2D eigenvalue weighted by Crippen LogP contribution is -2.35. The molecule has 1 aliphatic heterocycles. The van der Waals surface area contributed by atoms with Crippen LogP contribution in [0, 0.1) is 0 Å². The molecule has 0 aliphatic carbocycles. The number of hydrogen-bond acceptors (Lipinski definition) is 6. The highest BCUT2D eigenvalue weighted by Crippen LogP contribution is 2.25. The lowest BCUT2D eigenvalue weighted by atomic mass is 10.2. The van der Waals surface area contributed by atoms with E-state index in [2.05, 4.69) is 19.6 Å². The van der Waals surface area contributed by atoms with Gasteiger partial charge in [-0.3, -0.25) is 9.69 Å². The Hall–Kier alpha value is -1.34. The highest BCUT2D eigenvalue weighted by atomic mass is 32.2. The number of H-pyrrole nitrogens is 1. The molecule has 1 aliphatic rings. The van der Waals surface area contributed by atoms with Gasteiger partial charge >= 0.3 is 5.97 Å². The minimum atomic E-state index is -0.665. The normalized spacial score (nSPS) is 20.7. The summed E-state index contributed by atoms with van der Waals surface area (Å²) in [4.78, 5) is 32.0. The van der Waals surface area contributed by atoms with Crippen molar-refractivity contribution >= 4 is 17.7 Å². The Morgan fingerprint density at radius 3 is 3.06 bits per heavy atom. The summed E-state index contributed by atoms with van der Waals surface area (Å²) in [6, 6.07) is 0.0862. The molecule has 0 bridgehead atoms. The van der Waals surface area contributed by atoms with Crippen molar-refractivity contribution in [1.82, 2.24) is 14.9 Å². The highest BCUT2D eigenvalue weighted by Gasteiger charge is 2.24. The van der Waals surface area contributed by atoms with E-state index in [0.29, 0.717) is 5.82 Å². The summed E-state index contributed by atoms with van der Waals surface area (Å²) in [7, 11) is 3.24. The van der Waals surface area contributed by atoms with Gasteiger partial charge in [0.05, 0.1) is 13.2 Å². The molecule has 1 unspecified atom stereocenters. The molecule has 6 nitrogen and oxygen atoms in total. The lowest BCUT2D eigenvalue weighted by Gasteiger charge is -2.30. The minimum Gasteiger partial charge on any atom is -0.465 e. The molecule has 1 N–H and O–H groups in total. The fourth-order valence-corrected chi connectivity index (χ4v) is 3.03. The molecule has 2 rings (SSSR count). The van der Waals surface area contributed by atoms with Gasteiger partial charge in [0.25, 0.3) is 5.56 Å². The third-order valence-corrected chi connectivity index (χ3v) is 3.96. The Bertz CT molecular complexity index is 503. The number of nitrogens with one attached hydrogen (secondary N) is 1. The van der Waals surface area contributed by atoms with Crippen molar-refractivity contribution in [1.29, 1.82) is 0 Å². The summed E-state index contributed by atoms with van der Waals surface area (Å²) in [6.07, 6.45) is 1.28. The molecule has 1 aromatic rings. The number of nitrogens with zero attached hydrogens (tertiary/aromatic N) is 2. The molecule has 0 radical (unpaired) electrons. The van der Waals surface area contributed by atoms with E-state index in [-0.39, 0.29) is 11.6 Å². The number of carbonyl (C=O) groups excluding carboxylic acids is 1. The monoisotopic (exact) mass is 269 g/mol. The molecule has 1 aromatic heterocycles. The van der Waals surface area contributed by atoms with Crippen LogP contribution in [0.3, 0.4) is 0 Å². The number of rotatable bonds is 2. The molecule has 0 amide bonds. The molecular formula is C11H15N3O3S. The van der Waals surface area contributed by atoms with Crippen LogP contribution in [0.5, 0.6) is 0 Å². The topological polar surface area (TPSA) is 75.3 Å². The van der Waals surface area contributed by atoms with Crippen LogP contribution in [0.4, 0.5) is 0 Å². The van der Waals surface area contributed by atoms with Crippen molar-refractivity contribution in [3.05, 3.63) is 27.9 Å². The predicted molar refractivity (Wildman–Crippen MR) is 68.9 cm³/mol. The van der Waals surface area contributed by atoms with E-state index in [1.54, 1.807) is 0 Å². The Kier molecular flexibility index (Phi) is 4.03. The van der Waals surface area contributed by atoms with Crippen LogP contribution in [0.1, 0.15) is 22.2 Å². The van der Waals surface area contributed by atoms with Crippen LogP contribution in [-0.4, -0.2) is 53.0 Å². The van der Waals surface area contributed by atoms with Gasteiger partial charge < -0.3 is 9.72 Å². The molecule has 2 heterocycles. The SMILES string of the molecule is COC(=O)c1cnc(C2CSCCN2C)[nH]c1=O. The number of aromatic amines is 1. The molecule has 98 valence electrons. The Balaban J connectivity index is 2.28. The number of esters is 1. The van der Waals surface area contributed by atoms with E-state index in [1.165, 1.54) is 13.3 Å². The van der Waals surface area contributed by atoms with E-state index in [0.717, 1.165) is 18.1 Å². The Morgan fingerprint density at radius 2 is 2.44 bits per heavy atom. The average Bonchev–Trinajstić information content (AvgIpc) is 2.38.